The molecule has 0 atom stereocenters. The van der Waals surface area contributed by atoms with Gasteiger partial charge in [0, 0.05) is 56.4 Å². The largest absolute Gasteiger partial charge is 0.494 e. The summed E-state index contributed by atoms with van der Waals surface area (Å²) in [5, 5.41) is 1.35. The van der Waals surface area contributed by atoms with E-state index in [1.165, 1.54) is 22.0 Å². The number of nitrogens with zero attached hydrogens (tertiary/aromatic N) is 2. The first-order valence-corrected chi connectivity index (χ1v) is 9.53. The summed E-state index contributed by atoms with van der Waals surface area (Å²) in [6.45, 7) is 9.27. The molecule has 2 aromatic carbocycles. The normalized spacial score (nSPS) is 16.2. The third kappa shape index (κ3) is 3.92. The predicted octanol–water partition coefficient (Wildman–Crippen LogP) is 3.88. The zero-order chi connectivity index (χ0) is 17.8. The van der Waals surface area contributed by atoms with Crippen LogP contribution in [0.15, 0.2) is 54.7 Å². The molecule has 4 rings (SSSR count). The molecule has 1 aliphatic heterocycles. The number of hydrogen-bond acceptors (Lipinski definition) is 3. The van der Waals surface area contributed by atoms with Crippen LogP contribution < -0.4 is 4.74 Å². The van der Waals surface area contributed by atoms with Crippen LogP contribution in [0.2, 0.25) is 0 Å². The lowest BCUT2D eigenvalue weighted by atomic mass is 10.1. The van der Waals surface area contributed by atoms with Gasteiger partial charge in [-0.3, -0.25) is 9.80 Å². The summed E-state index contributed by atoms with van der Waals surface area (Å²) in [7, 11) is 0. The van der Waals surface area contributed by atoms with Crippen molar-refractivity contribution in [2.24, 2.45) is 0 Å². The molecule has 26 heavy (non-hydrogen) atoms. The number of benzene rings is 2. The summed E-state index contributed by atoms with van der Waals surface area (Å²) in [6, 6.07) is 17.1. The van der Waals surface area contributed by atoms with E-state index in [0.717, 1.165) is 51.6 Å². The number of para-hydroxylation sites is 1. The van der Waals surface area contributed by atoms with Crippen molar-refractivity contribution < 1.29 is 4.74 Å². The standard InChI is InChI=1S/C22H27N3O/c1-2-26-20-9-7-18(8-10-20)16-24-11-13-25(14-12-24)17-19-15-23-22-6-4-3-5-21(19)22/h3-10,15,23H,2,11-14,16-17H2,1H3. The number of ether oxygens (including phenoxy) is 1. The van der Waals surface area contributed by atoms with Crippen LogP contribution in [0.4, 0.5) is 0 Å². The van der Waals surface area contributed by atoms with E-state index in [1.54, 1.807) is 0 Å². The average Bonchev–Trinajstić information content (AvgIpc) is 3.08. The van der Waals surface area contributed by atoms with Crippen LogP contribution in [-0.4, -0.2) is 47.6 Å². The fourth-order valence-corrected chi connectivity index (χ4v) is 3.72. The number of H-pyrrole nitrogens is 1. The van der Waals surface area contributed by atoms with Crippen molar-refractivity contribution in [3.63, 3.8) is 0 Å². The van der Waals surface area contributed by atoms with Crippen molar-refractivity contribution in [3.8, 4) is 5.75 Å². The number of nitrogens with one attached hydrogen (secondary N) is 1. The van der Waals surface area contributed by atoms with Crippen molar-refractivity contribution in [1.29, 1.82) is 0 Å². The molecule has 4 heteroatoms. The van der Waals surface area contributed by atoms with E-state index in [0.29, 0.717) is 0 Å². The van der Waals surface area contributed by atoms with Gasteiger partial charge in [0.1, 0.15) is 5.75 Å². The van der Waals surface area contributed by atoms with E-state index >= 15 is 0 Å². The number of hydrogen-bond donors (Lipinski definition) is 1. The van der Waals surface area contributed by atoms with Crippen molar-refractivity contribution in [2.75, 3.05) is 32.8 Å². The molecule has 4 nitrogen and oxygen atoms in total. The van der Waals surface area contributed by atoms with Gasteiger partial charge in [0.05, 0.1) is 6.61 Å². The van der Waals surface area contributed by atoms with Gasteiger partial charge in [-0.2, -0.15) is 0 Å². The van der Waals surface area contributed by atoms with Gasteiger partial charge in [0.2, 0.25) is 0 Å². The molecule has 1 aliphatic rings. The maximum Gasteiger partial charge on any atom is 0.119 e. The molecule has 0 spiro atoms. The van der Waals surface area contributed by atoms with E-state index in [9.17, 15) is 0 Å². The van der Waals surface area contributed by atoms with Gasteiger partial charge in [0.25, 0.3) is 0 Å². The first-order valence-electron chi connectivity index (χ1n) is 9.53. The molecule has 136 valence electrons. The van der Waals surface area contributed by atoms with Crippen molar-refractivity contribution in [1.82, 2.24) is 14.8 Å². The van der Waals surface area contributed by atoms with Crippen LogP contribution in [0.1, 0.15) is 18.1 Å². The fourth-order valence-electron chi connectivity index (χ4n) is 3.72. The summed E-state index contributed by atoms with van der Waals surface area (Å²) < 4.78 is 5.52. The highest BCUT2D eigenvalue weighted by Crippen LogP contribution is 2.20. The molecule has 0 unspecified atom stereocenters. The molecular weight excluding hydrogens is 322 g/mol. The Labute approximate surface area is 155 Å². The third-order valence-electron chi connectivity index (χ3n) is 5.17. The quantitative estimate of drug-likeness (QED) is 0.733. The molecule has 1 aromatic heterocycles. The molecule has 1 saturated heterocycles. The zero-order valence-electron chi connectivity index (χ0n) is 15.4. The second-order valence-electron chi connectivity index (χ2n) is 6.99. The van der Waals surface area contributed by atoms with Gasteiger partial charge in [-0.15, -0.1) is 0 Å². The second kappa shape index (κ2) is 7.94. The van der Waals surface area contributed by atoms with Crippen LogP contribution in [0, 0.1) is 0 Å². The number of fused-ring (bicyclic) bond motifs is 1. The molecule has 1 fully saturated rings. The Kier molecular flexibility index (Phi) is 5.23. The summed E-state index contributed by atoms with van der Waals surface area (Å²) in [5.74, 6) is 0.958. The molecule has 1 N–H and O–H groups in total. The lowest BCUT2D eigenvalue weighted by molar-refractivity contribution is 0.122. The number of aromatic nitrogens is 1. The SMILES string of the molecule is CCOc1ccc(CN2CCN(Cc3c[nH]c4ccccc34)CC2)cc1. The molecular formula is C22H27N3O. The predicted molar refractivity (Wildman–Crippen MR) is 106 cm³/mol. The van der Waals surface area contributed by atoms with E-state index < -0.39 is 0 Å². The fraction of sp³-hybridized carbons (Fsp3) is 0.364. The number of piperazine rings is 1. The van der Waals surface area contributed by atoms with Gasteiger partial charge >= 0.3 is 0 Å². The van der Waals surface area contributed by atoms with Crippen LogP contribution >= 0.6 is 0 Å². The first kappa shape index (κ1) is 17.1. The maximum absolute atomic E-state index is 5.52. The average molecular weight is 349 g/mol. The van der Waals surface area contributed by atoms with Crippen LogP contribution in [0.3, 0.4) is 0 Å². The molecule has 3 aromatic rings. The van der Waals surface area contributed by atoms with Gasteiger partial charge in [0.15, 0.2) is 0 Å². The maximum atomic E-state index is 5.52. The Balaban J connectivity index is 1.30. The smallest absolute Gasteiger partial charge is 0.119 e. The minimum absolute atomic E-state index is 0.720. The number of aromatic amines is 1. The Morgan fingerprint density at radius 2 is 1.58 bits per heavy atom. The molecule has 0 amide bonds. The lowest BCUT2D eigenvalue weighted by Gasteiger charge is -2.34. The highest BCUT2D eigenvalue weighted by atomic mass is 16.5. The third-order valence-corrected chi connectivity index (χ3v) is 5.17. The monoisotopic (exact) mass is 349 g/mol. The summed E-state index contributed by atoms with van der Waals surface area (Å²) >= 11 is 0. The Hall–Kier alpha value is -2.30. The minimum Gasteiger partial charge on any atom is -0.494 e. The van der Waals surface area contributed by atoms with Gasteiger partial charge in [-0.05, 0) is 36.2 Å². The van der Waals surface area contributed by atoms with Gasteiger partial charge in [-0.25, -0.2) is 0 Å². The van der Waals surface area contributed by atoms with Crippen molar-refractivity contribution >= 4 is 10.9 Å². The van der Waals surface area contributed by atoms with E-state index in [-0.39, 0.29) is 0 Å². The summed E-state index contributed by atoms with van der Waals surface area (Å²) in [5.41, 5.74) is 4.00. The van der Waals surface area contributed by atoms with Crippen LogP contribution in [0.5, 0.6) is 5.75 Å². The van der Waals surface area contributed by atoms with Crippen LogP contribution in [0.25, 0.3) is 10.9 Å². The molecule has 0 bridgehead atoms. The Morgan fingerprint density at radius 3 is 2.31 bits per heavy atom. The van der Waals surface area contributed by atoms with E-state index in [1.807, 2.05) is 6.92 Å². The van der Waals surface area contributed by atoms with Gasteiger partial charge < -0.3 is 9.72 Å². The zero-order valence-corrected chi connectivity index (χ0v) is 15.4. The summed E-state index contributed by atoms with van der Waals surface area (Å²) in [6.07, 6.45) is 2.16. The second-order valence-corrected chi connectivity index (χ2v) is 6.99. The van der Waals surface area contributed by atoms with E-state index in [4.69, 9.17) is 4.74 Å². The van der Waals surface area contributed by atoms with E-state index in [2.05, 4.69) is 69.5 Å². The first-order chi connectivity index (χ1) is 12.8. The molecule has 0 saturated carbocycles. The summed E-state index contributed by atoms with van der Waals surface area (Å²) in [4.78, 5) is 8.49. The molecule has 2 heterocycles. The number of rotatable bonds is 6. The highest BCUT2D eigenvalue weighted by Gasteiger charge is 2.18. The van der Waals surface area contributed by atoms with Crippen molar-refractivity contribution in [3.05, 3.63) is 65.9 Å². The highest BCUT2D eigenvalue weighted by molar-refractivity contribution is 5.82. The Bertz CT molecular complexity index is 832. The van der Waals surface area contributed by atoms with Gasteiger partial charge in [-0.1, -0.05) is 30.3 Å². The topological polar surface area (TPSA) is 31.5 Å². The van der Waals surface area contributed by atoms with Crippen LogP contribution in [-0.2, 0) is 13.1 Å². The lowest BCUT2D eigenvalue weighted by Crippen LogP contribution is -2.45. The molecule has 0 radical (unpaired) electrons. The minimum atomic E-state index is 0.720. The van der Waals surface area contributed by atoms with Crippen molar-refractivity contribution in [2.45, 2.75) is 20.0 Å². The molecule has 0 aliphatic carbocycles. The Morgan fingerprint density at radius 1 is 0.885 bits per heavy atom.